The van der Waals surface area contributed by atoms with Crippen molar-refractivity contribution >= 4 is 0 Å². The lowest BCUT2D eigenvalue weighted by atomic mass is 9.91. The third-order valence-corrected chi connectivity index (χ3v) is 4.78. The van der Waals surface area contributed by atoms with Crippen LogP contribution < -0.4 is 0 Å². The van der Waals surface area contributed by atoms with Crippen molar-refractivity contribution in [2.75, 3.05) is 7.04 Å². The minimum atomic E-state index is -2.29. The third kappa shape index (κ3) is 4.66. The van der Waals surface area contributed by atoms with Gasteiger partial charge in [-0.05, 0) is 36.8 Å². The molecule has 0 saturated heterocycles. The Balaban J connectivity index is 1.65. The zero-order valence-electron chi connectivity index (χ0n) is 16.5. The van der Waals surface area contributed by atoms with E-state index in [0.29, 0.717) is 6.04 Å². The van der Waals surface area contributed by atoms with Gasteiger partial charge in [0.05, 0.1) is 10.2 Å². The molecule has 2 heteroatoms. The Morgan fingerprint density at radius 3 is 1.87 bits per heavy atom. The van der Waals surface area contributed by atoms with E-state index in [2.05, 4.69) is 53.4 Å². The lowest BCUT2D eigenvalue weighted by Gasteiger charge is -2.36. The first-order valence-corrected chi connectivity index (χ1v) is 8.49. The van der Waals surface area contributed by atoms with Gasteiger partial charge in [0.1, 0.15) is 0 Å². The summed E-state index contributed by atoms with van der Waals surface area (Å²) in [5.41, 5.74) is 2.62. The lowest BCUT2D eigenvalue weighted by molar-refractivity contribution is 0.0341. The predicted molar refractivity (Wildman–Crippen MR) is 95.2 cm³/mol. The van der Waals surface area contributed by atoms with Crippen LogP contribution in [-0.4, -0.2) is 24.1 Å². The van der Waals surface area contributed by atoms with Crippen LogP contribution in [0.1, 0.15) is 40.9 Å². The third-order valence-electron chi connectivity index (χ3n) is 4.78. The smallest absolute Gasteiger partial charge is 0.0572 e. The summed E-state index contributed by atoms with van der Waals surface area (Å²) in [6, 6.07) is 21.5. The van der Waals surface area contributed by atoms with Crippen LogP contribution in [0, 0.1) is 0 Å². The molecule has 1 aliphatic rings. The molecule has 0 atom stereocenters. The highest BCUT2D eigenvalue weighted by atomic mass is 16.5. The van der Waals surface area contributed by atoms with E-state index in [1.165, 1.54) is 11.1 Å². The standard InChI is InChI=1S/C21H27NO/c1-23-21-14-12-20(13-15-21)22(16-18-8-4-2-5-9-18)17-19-10-6-3-7-11-19/h2-11,20-21H,12-17H2,1H3/t20-,21-/i1D3. The number of rotatable bonds is 6. The van der Waals surface area contributed by atoms with Crippen molar-refractivity contribution < 1.29 is 8.85 Å². The van der Waals surface area contributed by atoms with E-state index in [1.54, 1.807) is 0 Å². The molecular weight excluding hydrogens is 282 g/mol. The molecule has 0 aliphatic heterocycles. The van der Waals surface area contributed by atoms with Crippen molar-refractivity contribution in [3.05, 3.63) is 71.8 Å². The molecule has 1 saturated carbocycles. The summed E-state index contributed by atoms with van der Waals surface area (Å²) < 4.78 is 27.1. The molecule has 0 heterocycles. The van der Waals surface area contributed by atoms with Gasteiger partial charge in [-0.1, -0.05) is 60.7 Å². The second kappa shape index (κ2) is 8.28. The second-order valence-electron chi connectivity index (χ2n) is 6.42. The number of hydrogen-bond donors (Lipinski definition) is 0. The van der Waals surface area contributed by atoms with Gasteiger partial charge in [-0.3, -0.25) is 4.90 Å². The maximum absolute atomic E-state index is 7.30. The van der Waals surface area contributed by atoms with Crippen LogP contribution in [-0.2, 0) is 17.8 Å². The van der Waals surface area contributed by atoms with Crippen LogP contribution in [0.4, 0.5) is 0 Å². The van der Waals surface area contributed by atoms with E-state index in [4.69, 9.17) is 8.85 Å². The van der Waals surface area contributed by atoms with Gasteiger partial charge < -0.3 is 4.74 Å². The van der Waals surface area contributed by atoms with E-state index in [9.17, 15) is 0 Å². The first-order valence-electron chi connectivity index (χ1n) is 9.99. The molecule has 2 aromatic carbocycles. The predicted octanol–water partition coefficient (Wildman–Crippen LogP) is 4.65. The van der Waals surface area contributed by atoms with Crippen molar-refractivity contribution in [2.45, 2.75) is 50.9 Å². The lowest BCUT2D eigenvalue weighted by Crippen LogP contribution is -2.38. The average Bonchev–Trinajstić information content (AvgIpc) is 2.62. The van der Waals surface area contributed by atoms with Gasteiger partial charge in [-0.15, -0.1) is 0 Å². The van der Waals surface area contributed by atoms with E-state index in [-0.39, 0.29) is 6.10 Å². The van der Waals surface area contributed by atoms with Crippen LogP contribution in [0.25, 0.3) is 0 Å². The molecule has 0 bridgehead atoms. The number of methoxy groups -OCH3 is 1. The van der Waals surface area contributed by atoms with Crippen LogP contribution in [0.5, 0.6) is 0 Å². The highest BCUT2D eigenvalue weighted by molar-refractivity contribution is 5.17. The molecular formula is C21H27NO. The topological polar surface area (TPSA) is 12.5 Å². The quantitative estimate of drug-likeness (QED) is 0.770. The molecule has 23 heavy (non-hydrogen) atoms. The molecule has 1 fully saturated rings. The zero-order chi connectivity index (χ0) is 18.4. The molecule has 122 valence electrons. The van der Waals surface area contributed by atoms with E-state index < -0.39 is 7.04 Å². The summed E-state index contributed by atoms with van der Waals surface area (Å²) in [7, 11) is -2.29. The molecule has 3 rings (SSSR count). The Morgan fingerprint density at radius 1 is 0.870 bits per heavy atom. The van der Waals surface area contributed by atoms with Crippen LogP contribution in [0.15, 0.2) is 60.7 Å². The summed E-state index contributed by atoms with van der Waals surface area (Å²) in [6.45, 7) is 1.82. The first kappa shape index (κ1) is 12.7. The fourth-order valence-electron chi connectivity index (χ4n) is 3.48. The molecule has 1 aliphatic carbocycles. The molecule has 2 aromatic rings. The SMILES string of the molecule is [2H]C([2H])([2H])O[C@H]1CC[C@H](N(Cc2ccccc2)Cc2ccccc2)CC1. The minimum absolute atomic E-state index is 0.144. The Kier molecular flexibility index (Phi) is 4.59. The Labute approximate surface area is 144 Å². The molecule has 2 nitrogen and oxygen atoms in total. The summed E-state index contributed by atoms with van der Waals surface area (Å²) in [6.07, 6.45) is 3.42. The Morgan fingerprint density at radius 2 is 1.39 bits per heavy atom. The average molecular weight is 312 g/mol. The number of benzene rings is 2. The van der Waals surface area contributed by atoms with E-state index >= 15 is 0 Å². The molecule has 0 unspecified atom stereocenters. The monoisotopic (exact) mass is 312 g/mol. The van der Waals surface area contributed by atoms with Gasteiger partial charge in [0.25, 0.3) is 0 Å². The molecule has 0 N–H and O–H groups in total. The summed E-state index contributed by atoms with van der Waals surface area (Å²) in [5.74, 6) is 0. The molecule has 0 amide bonds. The first-order chi connectivity index (χ1) is 12.5. The van der Waals surface area contributed by atoms with E-state index in [1.807, 2.05) is 12.1 Å². The highest BCUT2D eigenvalue weighted by Gasteiger charge is 2.25. The molecule has 0 radical (unpaired) electrons. The maximum Gasteiger partial charge on any atom is 0.0572 e. The van der Waals surface area contributed by atoms with Crippen molar-refractivity contribution in [3.8, 4) is 0 Å². The zero-order valence-corrected chi connectivity index (χ0v) is 13.5. The van der Waals surface area contributed by atoms with E-state index in [0.717, 1.165) is 38.8 Å². The number of ether oxygens (including phenoxy) is 1. The van der Waals surface area contributed by atoms with Gasteiger partial charge in [0.2, 0.25) is 0 Å². The highest BCUT2D eigenvalue weighted by Crippen LogP contribution is 2.27. The Bertz CT molecular complexity index is 610. The van der Waals surface area contributed by atoms with Crippen molar-refractivity contribution in [3.63, 3.8) is 0 Å². The van der Waals surface area contributed by atoms with Crippen LogP contribution in [0.2, 0.25) is 0 Å². The summed E-state index contributed by atoms with van der Waals surface area (Å²) in [5, 5.41) is 0. The van der Waals surface area contributed by atoms with Gasteiger partial charge in [0.15, 0.2) is 0 Å². The van der Waals surface area contributed by atoms with Crippen molar-refractivity contribution in [1.29, 1.82) is 0 Å². The second-order valence-corrected chi connectivity index (χ2v) is 6.42. The Hall–Kier alpha value is -1.64. The summed E-state index contributed by atoms with van der Waals surface area (Å²) in [4.78, 5) is 2.52. The van der Waals surface area contributed by atoms with Crippen molar-refractivity contribution in [2.24, 2.45) is 0 Å². The van der Waals surface area contributed by atoms with Gasteiger partial charge >= 0.3 is 0 Å². The van der Waals surface area contributed by atoms with Gasteiger partial charge in [-0.25, -0.2) is 0 Å². The summed E-state index contributed by atoms with van der Waals surface area (Å²) >= 11 is 0. The van der Waals surface area contributed by atoms with Crippen LogP contribution >= 0.6 is 0 Å². The number of nitrogens with zero attached hydrogens (tertiary/aromatic N) is 1. The van der Waals surface area contributed by atoms with Crippen LogP contribution in [0.3, 0.4) is 0 Å². The maximum atomic E-state index is 7.30. The van der Waals surface area contributed by atoms with Gasteiger partial charge in [0, 0.05) is 26.2 Å². The minimum Gasteiger partial charge on any atom is -0.381 e. The molecule has 0 spiro atoms. The normalized spacial score (nSPS) is 24.0. The number of hydrogen-bond acceptors (Lipinski definition) is 2. The fraction of sp³-hybridized carbons (Fsp3) is 0.429. The largest absolute Gasteiger partial charge is 0.381 e. The van der Waals surface area contributed by atoms with Gasteiger partial charge in [-0.2, -0.15) is 0 Å². The fourth-order valence-corrected chi connectivity index (χ4v) is 3.48. The molecule has 0 aromatic heterocycles. The van der Waals surface area contributed by atoms with Crippen molar-refractivity contribution in [1.82, 2.24) is 4.90 Å².